The van der Waals surface area contributed by atoms with Gasteiger partial charge in [0.2, 0.25) is 0 Å². The first-order valence-electron chi connectivity index (χ1n) is 22.2. The summed E-state index contributed by atoms with van der Waals surface area (Å²) < 4.78 is 0. The van der Waals surface area contributed by atoms with Crippen LogP contribution in [-0.2, 0) is 0 Å². The van der Waals surface area contributed by atoms with E-state index in [9.17, 15) is 0 Å². The third-order valence-corrected chi connectivity index (χ3v) is 12.6. The SMILES string of the molecule is CC.c1ccc(-c2ccc3c(-c4ncccn4)c4cc(-c5ccccc5)ccc4c(-c4ccc(-c5ccc(-c6cccc7c6ccc6cc8ccccc8cc67)cc5)cc4)c3c2)cc1. The smallest absolute Gasteiger partial charge is 0.160 e. The Kier molecular flexibility index (Phi) is 10.0. The van der Waals surface area contributed by atoms with Crippen molar-refractivity contribution < 1.29 is 0 Å². The van der Waals surface area contributed by atoms with E-state index in [1.165, 1.54) is 82.2 Å². The van der Waals surface area contributed by atoms with Crippen molar-refractivity contribution in [1.82, 2.24) is 9.97 Å². The fourth-order valence-corrected chi connectivity index (χ4v) is 9.53. The fourth-order valence-electron chi connectivity index (χ4n) is 9.53. The molecule has 0 atom stereocenters. The van der Waals surface area contributed by atoms with Crippen LogP contribution in [-0.4, -0.2) is 9.97 Å². The van der Waals surface area contributed by atoms with E-state index in [0.29, 0.717) is 0 Å². The molecule has 64 heavy (non-hydrogen) atoms. The Labute approximate surface area is 373 Å². The molecule has 2 heteroatoms. The first-order chi connectivity index (χ1) is 31.7. The number of rotatable bonds is 6. The molecular weight excluding hydrogens is 773 g/mol. The normalized spacial score (nSPS) is 11.3. The summed E-state index contributed by atoms with van der Waals surface area (Å²) in [6.45, 7) is 4.00. The van der Waals surface area contributed by atoms with E-state index < -0.39 is 0 Å². The van der Waals surface area contributed by atoms with Gasteiger partial charge in [0, 0.05) is 18.0 Å². The molecule has 11 aromatic carbocycles. The van der Waals surface area contributed by atoms with Crippen molar-refractivity contribution in [2.24, 2.45) is 0 Å². The molecule has 12 rings (SSSR count). The molecule has 0 saturated heterocycles. The Bertz CT molecular complexity index is 3630. The minimum Gasteiger partial charge on any atom is -0.237 e. The summed E-state index contributed by atoms with van der Waals surface area (Å²) >= 11 is 0. The van der Waals surface area contributed by atoms with Crippen LogP contribution in [0.2, 0.25) is 0 Å². The zero-order chi connectivity index (χ0) is 43.0. The minimum absolute atomic E-state index is 0.719. The van der Waals surface area contributed by atoms with Crippen LogP contribution in [0.4, 0.5) is 0 Å². The maximum atomic E-state index is 4.83. The van der Waals surface area contributed by atoms with Gasteiger partial charge in [0.25, 0.3) is 0 Å². The van der Waals surface area contributed by atoms with Crippen LogP contribution >= 0.6 is 0 Å². The van der Waals surface area contributed by atoms with Crippen molar-refractivity contribution >= 4 is 53.9 Å². The summed E-state index contributed by atoms with van der Waals surface area (Å²) in [5.41, 5.74) is 12.9. The standard InChI is InChI=1S/C60H38N2.C2H6/c1-3-11-39(12-4-1)47-28-32-54-56(37-47)58(53-31-27-48(40-13-5-2-6-14-40)38-57(53)59(54)60-61-33-10-34-62-60)44-25-21-42(22-26-44)41-19-23-43(24-20-41)50-17-9-18-51-52(50)30-29-49-35-45-15-7-8-16-46(45)36-55(49)51;1-2/h1-38H;1-2H3. The van der Waals surface area contributed by atoms with Crippen LogP contribution in [0, 0.1) is 0 Å². The predicted molar refractivity (Wildman–Crippen MR) is 274 cm³/mol. The highest BCUT2D eigenvalue weighted by molar-refractivity contribution is 6.22. The summed E-state index contributed by atoms with van der Waals surface area (Å²) in [5, 5.41) is 12.2. The number of aromatic nitrogens is 2. The number of hydrogen-bond acceptors (Lipinski definition) is 2. The average molecular weight is 817 g/mol. The Morgan fingerprint density at radius 2 is 0.734 bits per heavy atom. The maximum absolute atomic E-state index is 4.83. The van der Waals surface area contributed by atoms with Crippen molar-refractivity contribution in [1.29, 1.82) is 0 Å². The van der Waals surface area contributed by atoms with E-state index in [-0.39, 0.29) is 0 Å². The Morgan fingerprint density at radius 1 is 0.250 bits per heavy atom. The molecule has 0 radical (unpaired) electrons. The lowest BCUT2D eigenvalue weighted by Crippen LogP contribution is -1.95. The molecule has 0 N–H and O–H groups in total. The summed E-state index contributed by atoms with van der Waals surface area (Å²) in [6.07, 6.45) is 3.67. The average Bonchev–Trinajstić information content (AvgIpc) is 3.38. The molecule has 0 spiro atoms. The largest absolute Gasteiger partial charge is 0.237 e. The summed E-state index contributed by atoms with van der Waals surface area (Å²) in [7, 11) is 0. The second-order valence-corrected chi connectivity index (χ2v) is 16.1. The van der Waals surface area contributed by atoms with Gasteiger partial charge in [-0.15, -0.1) is 0 Å². The van der Waals surface area contributed by atoms with E-state index in [1.54, 1.807) is 0 Å². The van der Waals surface area contributed by atoms with E-state index in [4.69, 9.17) is 9.97 Å². The van der Waals surface area contributed by atoms with Crippen LogP contribution in [0.5, 0.6) is 0 Å². The van der Waals surface area contributed by atoms with Gasteiger partial charge in [0.15, 0.2) is 5.82 Å². The molecule has 0 bridgehead atoms. The van der Waals surface area contributed by atoms with Crippen molar-refractivity contribution in [3.63, 3.8) is 0 Å². The Morgan fingerprint density at radius 3 is 1.36 bits per heavy atom. The molecule has 0 unspecified atom stereocenters. The van der Waals surface area contributed by atoms with Crippen molar-refractivity contribution in [3.8, 4) is 67.0 Å². The van der Waals surface area contributed by atoms with Crippen LogP contribution in [0.25, 0.3) is 121 Å². The van der Waals surface area contributed by atoms with Crippen molar-refractivity contribution in [3.05, 3.63) is 231 Å². The van der Waals surface area contributed by atoms with Gasteiger partial charge < -0.3 is 0 Å². The van der Waals surface area contributed by atoms with Gasteiger partial charge in [-0.2, -0.15) is 0 Å². The monoisotopic (exact) mass is 816 g/mol. The highest BCUT2D eigenvalue weighted by Gasteiger charge is 2.20. The molecule has 0 aliphatic rings. The molecule has 12 aromatic rings. The second kappa shape index (κ2) is 16.6. The lowest BCUT2D eigenvalue weighted by atomic mass is 9.85. The van der Waals surface area contributed by atoms with Crippen molar-refractivity contribution in [2.45, 2.75) is 13.8 Å². The van der Waals surface area contributed by atoms with Gasteiger partial charge in [-0.3, -0.25) is 0 Å². The first kappa shape index (κ1) is 38.7. The van der Waals surface area contributed by atoms with E-state index in [1.807, 2.05) is 32.3 Å². The summed E-state index contributed by atoms with van der Waals surface area (Å²) in [5.74, 6) is 0.719. The van der Waals surface area contributed by atoms with Gasteiger partial charge in [0.05, 0.1) is 0 Å². The zero-order valence-electron chi connectivity index (χ0n) is 35.8. The Balaban J connectivity index is 0.00000225. The molecule has 1 heterocycles. The van der Waals surface area contributed by atoms with Gasteiger partial charge in [0.1, 0.15) is 0 Å². The number of benzene rings is 11. The van der Waals surface area contributed by atoms with E-state index in [0.717, 1.165) is 38.7 Å². The third-order valence-electron chi connectivity index (χ3n) is 12.6. The second-order valence-electron chi connectivity index (χ2n) is 16.1. The number of fused-ring (bicyclic) bond motifs is 6. The lowest BCUT2D eigenvalue weighted by molar-refractivity contribution is 1.18. The Hall–Kier alpha value is -8.20. The summed E-state index contributed by atoms with van der Waals surface area (Å²) in [6, 6.07) is 79.5. The van der Waals surface area contributed by atoms with E-state index >= 15 is 0 Å². The number of nitrogens with zero attached hydrogens (tertiary/aromatic N) is 2. The minimum atomic E-state index is 0.719. The lowest BCUT2D eigenvalue weighted by Gasteiger charge is -2.19. The highest BCUT2D eigenvalue weighted by atomic mass is 14.9. The van der Waals surface area contributed by atoms with Gasteiger partial charge >= 0.3 is 0 Å². The summed E-state index contributed by atoms with van der Waals surface area (Å²) in [4.78, 5) is 9.66. The van der Waals surface area contributed by atoms with Crippen molar-refractivity contribution in [2.75, 3.05) is 0 Å². The fraction of sp³-hybridized carbons (Fsp3) is 0.0323. The van der Waals surface area contributed by atoms with Crippen LogP contribution < -0.4 is 0 Å². The van der Waals surface area contributed by atoms with Crippen LogP contribution in [0.1, 0.15) is 13.8 Å². The first-order valence-corrected chi connectivity index (χ1v) is 22.2. The van der Waals surface area contributed by atoms with Gasteiger partial charge in [-0.05, 0) is 140 Å². The molecule has 302 valence electrons. The van der Waals surface area contributed by atoms with Crippen LogP contribution in [0.15, 0.2) is 231 Å². The highest BCUT2D eigenvalue weighted by Crippen LogP contribution is 2.46. The topological polar surface area (TPSA) is 25.8 Å². The molecule has 0 saturated carbocycles. The molecule has 2 nitrogen and oxygen atoms in total. The predicted octanol–water partition coefficient (Wildman–Crippen LogP) is 17.3. The third kappa shape index (κ3) is 6.87. The molecule has 0 amide bonds. The molecule has 1 aromatic heterocycles. The van der Waals surface area contributed by atoms with Gasteiger partial charge in [-0.1, -0.05) is 202 Å². The quantitative estimate of drug-likeness (QED) is 0.123. The zero-order valence-corrected chi connectivity index (χ0v) is 35.8. The molecule has 0 aliphatic carbocycles. The molecule has 0 fully saturated rings. The maximum Gasteiger partial charge on any atom is 0.160 e. The van der Waals surface area contributed by atoms with Crippen LogP contribution in [0.3, 0.4) is 0 Å². The van der Waals surface area contributed by atoms with E-state index in [2.05, 4.69) is 212 Å². The van der Waals surface area contributed by atoms with Gasteiger partial charge in [-0.25, -0.2) is 9.97 Å². The molecule has 0 aliphatic heterocycles. The molecular formula is C62H44N2. The number of hydrogen-bond donors (Lipinski definition) is 0.